The van der Waals surface area contributed by atoms with Gasteiger partial charge in [0, 0.05) is 25.0 Å². The number of amidine groups is 3. The summed E-state index contributed by atoms with van der Waals surface area (Å²) in [7, 11) is 0. The Hall–Kier alpha value is -3.33. The van der Waals surface area contributed by atoms with E-state index in [-0.39, 0.29) is 11.4 Å². The third kappa shape index (κ3) is 3.95. The number of aliphatic imine (C=N–C) groups is 1. The van der Waals surface area contributed by atoms with Gasteiger partial charge in [0.25, 0.3) is 5.91 Å². The average molecular weight is 449 g/mol. The minimum Gasteiger partial charge on any atom is -0.491 e. The van der Waals surface area contributed by atoms with Crippen LogP contribution in [0.3, 0.4) is 0 Å². The lowest BCUT2D eigenvalue weighted by Gasteiger charge is -2.20. The fourth-order valence-electron chi connectivity index (χ4n) is 3.90. The number of hydrogen-bond acceptors (Lipinski definition) is 6. The molecule has 1 fully saturated rings. The number of para-hydroxylation sites is 1. The number of nitrogens with zero attached hydrogens (tertiary/aromatic N) is 5. The number of amides is 1. The number of nitrogens with one attached hydrogen (secondary N) is 1. The molecular formula is C23H24N6O2S. The van der Waals surface area contributed by atoms with Gasteiger partial charge in [-0.15, -0.1) is 5.10 Å². The zero-order chi connectivity index (χ0) is 22.1. The largest absolute Gasteiger partial charge is 0.491 e. The fraction of sp³-hybridized carbons (Fsp3) is 0.304. The Bertz CT molecular complexity index is 1160. The van der Waals surface area contributed by atoms with Crippen molar-refractivity contribution in [2.45, 2.75) is 26.3 Å². The normalized spacial score (nSPS) is 19.5. The van der Waals surface area contributed by atoms with Crippen LogP contribution >= 0.6 is 11.8 Å². The number of fused-ring (bicyclic) bond motifs is 1. The molecule has 0 aliphatic carbocycles. The fourth-order valence-corrected chi connectivity index (χ4v) is 4.84. The van der Waals surface area contributed by atoms with Gasteiger partial charge < -0.3 is 14.2 Å². The van der Waals surface area contributed by atoms with Crippen LogP contribution in [0.25, 0.3) is 6.08 Å². The van der Waals surface area contributed by atoms with Crippen LogP contribution in [0.15, 0.2) is 58.3 Å². The second-order valence-corrected chi connectivity index (χ2v) is 8.77. The molecule has 1 saturated heterocycles. The molecule has 1 aromatic carbocycles. The molecule has 1 N–H and O–H groups in total. The maximum absolute atomic E-state index is 12.7. The molecule has 1 amide bonds. The van der Waals surface area contributed by atoms with E-state index in [4.69, 9.17) is 10.1 Å². The lowest BCUT2D eigenvalue weighted by atomic mass is 10.1. The number of aromatic nitrogens is 1. The third-order valence-electron chi connectivity index (χ3n) is 5.66. The Morgan fingerprint density at radius 2 is 1.97 bits per heavy atom. The van der Waals surface area contributed by atoms with E-state index in [0.29, 0.717) is 18.3 Å². The van der Waals surface area contributed by atoms with E-state index < -0.39 is 5.91 Å². The molecule has 32 heavy (non-hydrogen) atoms. The van der Waals surface area contributed by atoms with E-state index in [1.54, 1.807) is 6.08 Å². The van der Waals surface area contributed by atoms with E-state index in [1.807, 2.05) is 54.1 Å². The number of carbonyl (C=O) groups is 1. The second kappa shape index (κ2) is 8.66. The van der Waals surface area contributed by atoms with Gasteiger partial charge >= 0.3 is 0 Å². The molecule has 5 rings (SSSR count). The summed E-state index contributed by atoms with van der Waals surface area (Å²) in [6.07, 6.45) is 5.93. The maximum Gasteiger partial charge on any atom is 0.283 e. The molecule has 0 bridgehead atoms. The molecule has 2 aromatic rings. The molecule has 1 aromatic heterocycles. The number of rotatable bonds is 5. The van der Waals surface area contributed by atoms with Crippen molar-refractivity contribution in [1.29, 1.82) is 5.41 Å². The van der Waals surface area contributed by atoms with Crippen molar-refractivity contribution in [3.63, 3.8) is 0 Å². The van der Waals surface area contributed by atoms with Gasteiger partial charge in [0.2, 0.25) is 5.17 Å². The van der Waals surface area contributed by atoms with E-state index in [1.165, 1.54) is 16.8 Å². The number of hydrazone groups is 1. The SMILES string of the molecule is Cc1ccccc1OCCn1cccc1/C=C1/C(=N)N2N=C(N3CCCC3)SC2=NC1=O. The number of thioether (sulfide) groups is 1. The summed E-state index contributed by atoms with van der Waals surface area (Å²) in [4.78, 5) is 19.1. The highest BCUT2D eigenvalue weighted by Gasteiger charge is 2.37. The molecule has 0 atom stereocenters. The summed E-state index contributed by atoms with van der Waals surface area (Å²) in [6, 6.07) is 11.7. The van der Waals surface area contributed by atoms with Crippen molar-refractivity contribution in [3.8, 4) is 5.75 Å². The number of carbonyl (C=O) groups excluding carboxylic acids is 1. The number of ether oxygens (including phenoxy) is 1. The Labute approximate surface area is 190 Å². The monoisotopic (exact) mass is 448 g/mol. The summed E-state index contributed by atoms with van der Waals surface area (Å²) in [5.41, 5.74) is 2.15. The van der Waals surface area contributed by atoms with Crippen LogP contribution in [-0.4, -0.2) is 56.3 Å². The Balaban J connectivity index is 1.31. The minimum absolute atomic E-state index is 0.0607. The van der Waals surface area contributed by atoms with Crippen LogP contribution in [-0.2, 0) is 11.3 Å². The van der Waals surface area contributed by atoms with E-state index >= 15 is 0 Å². The Morgan fingerprint density at radius 1 is 1.16 bits per heavy atom. The number of likely N-dealkylation sites (tertiary alicyclic amines) is 1. The first-order valence-electron chi connectivity index (χ1n) is 10.7. The molecule has 8 nitrogen and oxygen atoms in total. The van der Waals surface area contributed by atoms with Crippen LogP contribution in [0.2, 0.25) is 0 Å². The zero-order valence-corrected chi connectivity index (χ0v) is 18.6. The summed E-state index contributed by atoms with van der Waals surface area (Å²) in [5.74, 6) is 0.519. The van der Waals surface area contributed by atoms with Crippen molar-refractivity contribution in [2.75, 3.05) is 19.7 Å². The summed E-state index contributed by atoms with van der Waals surface area (Å²) < 4.78 is 7.91. The summed E-state index contributed by atoms with van der Waals surface area (Å²) in [5, 5.41) is 15.9. The topological polar surface area (TPSA) is 86.3 Å². The molecule has 4 heterocycles. The molecule has 3 aliphatic rings. The lowest BCUT2D eigenvalue weighted by Crippen LogP contribution is -2.35. The van der Waals surface area contributed by atoms with Crippen molar-refractivity contribution in [2.24, 2.45) is 10.1 Å². The molecule has 0 spiro atoms. The Morgan fingerprint density at radius 3 is 2.78 bits per heavy atom. The van der Waals surface area contributed by atoms with Crippen molar-refractivity contribution < 1.29 is 9.53 Å². The van der Waals surface area contributed by atoms with Crippen molar-refractivity contribution in [3.05, 3.63) is 59.4 Å². The first-order chi connectivity index (χ1) is 15.6. The van der Waals surface area contributed by atoms with Crippen LogP contribution in [0.5, 0.6) is 5.75 Å². The van der Waals surface area contributed by atoms with Crippen LogP contribution in [0, 0.1) is 12.3 Å². The van der Waals surface area contributed by atoms with Gasteiger partial charge in [-0.25, -0.2) is 0 Å². The second-order valence-electron chi connectivity index (χ2n) is 7.84. The van der Waals surface area contributed by atoms with E-state index in [2.05, 4.69) is 15.0 Å². The molecule has 9 heteroatoms. The Kier molecular flexibility index (Phi) is 5.57. The molecule has 3 aliphatic heterocycles. The van der Waals surface area contributed by atoms with Crippen molar-refractivity contribution in [1.82, 2.24) is 14.5 Å². The standard InChI is InChI=1S/C23H24N6O2S/c1-16-7-2-3-9-19(16)31-14-13-27-12-6-8-17(27)15-18-20(24)29-22(25-21(18)30)32-23(26-29)28-10-4-5-11-28/h2-3,6-9,12,15,24H,4-5,10-11,13-14H2,1H3/b18-15-,24-20?. The smallest absolute Gasteiger partial charge is 0.283 e. The van der Waals surface area contributed by atoms with Crippen LogP contribution in [0.4, 0.5) is 0 Å². The van der Waals surface area contributed by atoms with Crippen LogP contribution < -0.4 is 4.74 Å². The number of benzene rings is 1. The van der Waals surface area contributed by atoms with Gasteiger partial charge in [-0.2, -0.15) is 10.0 Å². The van der Waals surface area contributed by atoms with Crippen LogP contribution in [0.1, 0.15) is 24.1 Å². The highest BCUT2D eigenvalue weighted by Crippen LogP contribution is 2.30. The van der Waals surface area contributed by atoms with E-state index in [0.717, 1.165) is 48.1 Å². The van der Waals surface area contributed by atoms with Gasteiger partial charge in [-0.3, -0.25) is 10.2 Å². The van der Waals surface area contributed by atoms with Crippen molar-refractivity contribution >= 4 is 39.9 Å². The van der Waals surface area contributed by atoms with E-state index in [9.17, 15) is 4.79 Å². The highest BCUT2D eigenvalue weighted by atomic mass is 32.2. The zero-order valence-electron chi connectivity index (χ0n) is 17.8. The average Bonchev–Trinajstić information content (AvgIpc) is 3.53. The van der Waals surface area contributed by atoms with Gasteiger partial charge in [0.15, 0.2) is 11.0 Å². The molecule has 0 saturated carbocycles. The molecular weight excluding hydrogens is 424 g/mol. The third-order valence-corrected chi connectivity index (χ3v) is 6.63. The first-order valence-corrected chi connectivity index (χ1v) is 11.5. The number of hydrogen-bond donors (Lipinski definition) is 1. The quantitative estimate of drug-likeness (QED) is 0.707. The molecule has 164 valence electrons. The molecule has 0 unspecified atom stereocenters. The predicted octanol–water partition coefficient (Wildman–Crippen LogP) is 3.55. The summed E-state index contributed by atoms with van der Waals surface area (Å²) >= 11 is 1.36. The lowest BCUT2D eigenvalue weighted by molar-refractivity contribution is -0.114. The predicted molar refractivity (Wildman–Crippen MR) is 127 cm³/mol. The minimum atomic E-state index is -0.407. The van der Waals surface area contributed by atoms with Gasteiger partial charge in [0.1, 0.15) is 12.4 Å². The van der Waals surface area contributed by atoms with Gasteiger partial charge in [0.05, 0.1) is 12.1 Å². The maximum atomic E-state index is 12.7. The summed E-state index contributed by atoms with van der Waals surface area (Å²) in [6.45, 7) is 5.04. The number of aryl methyl sites for hydroxylation is 1. The van der Waals surface area contributed by atoms with Gasteiger partial charge in [-0.05, 0) is 61.4 Å². The highest BCUT2D eigenvalue weighted by molar-refractivity contribution is 8.26. The molecule has 0 radical (unpaired) electrons. The van der Waals surface area contributed by atoms with Gasteiger partial charge in [-0.1, -0.05) is 18.2 Å². The first kappa shape index (κ1) is 20.6.